The average molecular weight is 294 g/mol. The molecule has 2 N–H and O–H groups in total. The molecule has 0 saturated carbocycles. The summed E-state index contributed by atoms with van der Waals surface area (Å²) < 4.78 is 0. The Balaban J connectivity index is 1.68. The molecule has 108 valence electrons. The first-order valence-corrected chi connectivity index (χ1v) is 7.55. The lowest BCUT2D eigenvalue weighted by Crippen LogP contribution is -2.39. The van der Waals surface area contributed by atoms with Crippen LogP contribution in [0, 0.1) is 5.92 Å². The summed E-state index contributed by atoms with van der Waals surface area (Å²) in [5, 5.41) is 6.91. The van der Waals surface area contributed by atoms with Crippen LogP contribution < -0.4 is 10.6 Å². The van der Waals surface area contributed by atoms with E-state index < -0.39 is 0 Å². The molecule has 4 nitrogen and oxygen atoms in total. The third-order valence-corrected chi connectivity index (χ3v) is 4.58. The number of amides is 1. The molecule has 3 rings (SSSR count). The van der Waals surface area contributed by atoms with Gasteiger partial charge in [-0.25, -0.2) is 0 Å². The number of carbonyl (C=O) groups is 1. The highest BCUT2D eigenvalue weighted by atomic mass is 35.5. The Kier molecular flexibility index (Phi) is 3.85. The van der Waals surface area contributed by atoms with Crippen molar-refractivity contribution >= 4 is 28.9 Å². The molecule has 0 spiro atoms. The van der Waals surface area contributed by atoms with Crippen molar-refractivity contribution in [3.63, 3.8) is 0 Å². The van der Waals surface area contributed by atoms with Crippen molar-refractivity contribution in [2.45, 2.75) is 25.8 Å². The van der Waals surface area contributed by atoms with Crippen molar-refractivity contribution in [1.29, 1.82) is 0 Å². The molecule has 2 bridgehead atoms. The number of hydrogen-bond acceptors (Lipinski definition) is 3. The molecule has 20 heavy (non-hydrogen) atoms. The number of fused-ring (bicyclic) bond motifs is 2. The van der Waals surface area contributed by atoms with Gasteiger partial charge in [-0.3, -0.25) is 4.79 Å². The van der Waals surface area contributed by atoms with Crippen LogP contribution in [0.1, 0.15) is 19.8 Å². The summed E-state index contributed by atoms with van der Waals surface area (Å²) in [7, 11) is 0. The molecule has 1 aromatic rings. The molecule has 3 unspecified atom stereocenters. The number of nitrogens with one attached hydrogen (secondary N) is 2. The Morgan fingerprint density at radius 3 is 2.90 bits per heavy atom. The van der Waals surface area contributed by atoms with Crippen molar-refractivity contribution in [2.24, 2.45) is 5.92 Å². The van der Waals surface area contributed by atoms with E-state index in [1.807, 2.05) is 18.2 Å². The van der Waals surface area contributed by atoms with E-state index in [2.05, 4.69) is 15.5 Å². The average Bonchev–Trinajstić information content (AvgIpc) is 2.79. The molecule has 3 atom stereocenters. The van der Waals surface area contributed by atoms with Gasteiger partial charge < -0.3 is 15.5 Å². The number of carbonyl (C=O) groups excluding carboxylic acids is 1. The van der Waals surface area contributed by atoms with E-state index in [1.54, 1.807) is 0 Å². The van der Waals surface area contributed by atoms with Crippen LogP contribution in [0.25, 0.3) is 0 Å². The van der Waals surface area contributed by atoms with Crippen LogP contribution in [-0.4, -0.2) is 36.5 Å². The zero-order chi connectivity index (χ0) is 14.1. The van der Waals surface area contributed by atoms with Crippen molar-refractivity contribution in [2.75, 3.05) is 30.3 Å². The third kappa shape index (κ3) is 2.91. The minimum absolute atomic E-state index is 0.106. The smallest absolute Gasteiger partial charge is 0.221 e. The normalized spacial score (nSPS) is 28.2. The highest BCUT2D eigenvalue weighted by Gasteiger charge is 2.34. The second-order valence-corrected chi connectivity index (χ2v) is 6.17. The van der Waals surface area contributed by atoms with E-state index in [9.17, 15) is 4.79 Å². The van der Waals surface area contributed by atoms with E-state index in [-0.39, 0.29) is 5.91 Å². The van der Waals surface area contributed by atoms with Crippen LogP contribution in [0.2, 0.25) is 5.02 Å². The molecule has 2 aliphatic heterocycles. The standard InChI is InChI=1S/C15H20ClN3O/c1-10(20)17-15-3-2-12(8-13(15)16)18-14-5-7-19-6-4-11(14)9-19/h2-3,8,11,14,18H,4-7,9H2,1H3,(H,17,20). The summed E-state index contributed by atoms with van der Waals surface area (Å²) in [5.74, 6) is 0.642. The topological polar surface area (TPSA) is 44.4 Å². The minimum Gasteiger partial charge on any atom is -0.382 e. The first kappa shape index (κ1) is 13.7. The van der Waals surface area contributed by atoms with Crippen molar-refractivity contribution in [3.8, 4) is 0 Å². The van der Waals surface area contributed by atoms with E-state index in [1.165, 1.54) is 39.4 Å². The molecule has 1 aromatic carbocycles. The zero-order valence-corrected chi connectivity index (χ0v) is 12.4. The van der Waals surface area contributed by atoms with E-state index in [0.717, 1.165) is 11.6 Å². The van der Waals surface area contributed by atoms with Gasteiger partial charge in [-0.1, -0.05) is 11.6 Å². The fourth-order valence-electron chi connectivity index (χ4n) is 3.25. The Labute approximate surface area is 124 Å². The number of hydrogen-bond donors (Lipinski definition) is 2. The van der Waals surface area contributed by atoms with Gasteiger partial charge in [0, 0.05) is 31.7 Å². The Morgan fingerprint density at radius 2 is 2.15 bits per heavy atom. The molecular formula is C15H20ClN3O. The van der Waals surface area contributed by atoms with Crippen LogP contribution >= 0.6 is 11.6 Å². The molecule has 5 heteroatoms. The number of rotatable bonds is 3. The lowest BCUT2D eigenvalue weighted by atomic mass is 9.94. The maximum Gasteiger partial charge on any atom is 0.221 e. The fourth-order valence-corrected chi connectivity index (χ4v) is 3.48. The second-order valence-electron chi connectivity index (χ2n) is 5.76. The molecule has 2 heterocycles. The summed E-state index contributed by atoms with van der Waals surface area (Å²) in [6.45, 7) is 5.13. The predicted molar refractivity (Wildman–Crippen MR) is 82.3 cm³/mol. The quantitative estimate of drug-likeness (QED) is 0.901. The van der Waals surface area contributed by atoms with E-state index in [4.69, 9.17) is 11.6 Å². The SMILES string of the molecule is CC(=O)Nc1ccc(NC2CCN3CCC2C3)cc1Cl. The molecule has 2 aliphatic rings. The van der Waals surface area contributed by atoms with Gasteiger partial charge in [-0.05, 0) is 43.5 Å². The van der Waals surface area contributed by atoms with E-state index >= 15 is 0 Å². The molecule has 0 aromatic heterocycles. The van der Waals surface area contributed by atoms with Crippen molar-refractivity contribution in [3.05, 3.63) is 23.2 Å². The highest BCUT2D eigenvalue weighted by molar-refractivity contribution is 6.34. The maximum atomic E-state index is 11.1. The van der Waals surface area contributed by atoms with Crippen molar-refractivity contribution in [1.82, 2.24) is 4.90 Å². The van der Waals surface area contributed by atoms with Crippen LogP contribution in [0.3, 0.4) is 0 Å². The van der Waals surface area contributed by atoms with Crippen molar-refractivity contribution < 1.29 is 4.79 Å². The number of nitrogens with zero attached hydrogens (tertiary/aromatic N) is 1. The molecule has 1 amide bonds. The minimum atomic E-state index is -0.106. The van der Waals surface area contributed by atoms with Gasteiger partial charge in [0.1, 0.15) is 0 Å². The first-order valence-electron chi connectivity index (χ1n) is 7.18. The molecule has 2 saturated heterocycles. The molecule has 0 radical (unpaired) electrons. The molecular weight excluding hydrogens is 274 g/mol. The first-order chi connectivity index (χ1) is 9.61. The van der Waals surface area contributed by atoms with Gasteiger partial charge in [-0.15, -0.1) is 0 Å². The number of halogens is 1. The second kappa shape index (κ2) is 5.62. The predicted octanol–water partition coefficient (Wildman–Crippen LogP) is 2.80. The summed E-state index contributed by atoms with van der Waals surface area (Å²) >= 11 is 6.21. The van der Waals surface area contributed by atoms with Gasteiger partial charge in [-0.2, -0.15) is 0 Å². The Morgan fingerprint density at radius 1 is 1.35 bits per heavy atom. The van der Waals surface area contributed by atoms with Crippen LogP contribution in [-0.2, 0) is 4.79 Å². The zero-order valence-electron chi connectivity index (χ0n) is 11.7. The largest absolute Gasteiger partial charge is 0.382 e. The summed E-state index contributed by atoms with van der Waals surface area (Å²) in [4.78, 5) is 13.6. The number of anilines is 2. The van der Waals surface area contributed by atoms with Crippen LogP contribution in [0.15, 0.2) is 18.2 Å². The van der Waals surface area contributed by atoms with Gasteiger partial charge in [0.05, 0.1) is 10.7 Å². The van der Waals surface area contributed by atoms with Crippen LogP contribution in [0.4, 0.5) is 11.4 Å². The summed E-state index contributed by atoms with van der Waals surface area (Å²) in [6, 6.07) is 6.28. The fraction of sp³-hybridized carbons (Fsp3) is 0.533. The molecule has 0 aliphatic carbocycles. The van der Waals surface area contributed by atoms with E-state index in [0.29, 0.717) is 16.8 Å². The van der Waals surface area contributed by atoms with Crippen LogP contribution in [0.5, 0.6) is 0 Å². The van der Waals surface area contributed by atoms with Gasteiger partial charge in [0.15, 0.2) is 0 Å². The van der Waals surface area contributed by atoms with Gasteiger partial charge in [0.25, 0.3) is 0 Å². The highest BCUT2D eigenvalue weighted by Crippen LogP contribution is 2.31. The lowest BCUT2D eigenvalue weighted by molar-refractivity contribution is -0.114. The van der Waals surface area contributed by atoms with Gasteiger partial charge >= 0.3 is 0 Å². The monoisotopic (exact) mass is 293 g/mol. The summed E-state index contributed by atoms with van der Waals surface area (Å²) in [5.41, 5.74) is 1.70. The number of piperidine rings is 1. The lowest BCUT2D eigenvalue weighted by Gasteiger charge is -2.31. The Hall–Kier alpha value is -1.26. The third-order valence-electron chi connectivity index (χ3n) is 4.27. The molecule has 2 fully saturated rings. The Bertz CT molecular complexity index is 520. The maximum absolute atomic E-state index is 11.1. The van der Waals surface area contributed by atoms with Gasteiger partial charge in [0.2, 0.25) is 5.91 Å². The summed E-state index contributed by atoms with van der Waals surface area (Å²) in [6.07, 6.45) is 2.48. The number of benzene rings is 1.